The molecule has 1 fully saturated rings. The van der Waals surface area contributed by atoms with Crippen LogP contribution in [0, 0.1) is 17.6 Å². The van der Waals surface area contributed by atoms with Crippen LogP contribution in [-0.2, 0) is 28.2 Å². The number of ether oxygens (including phenoxy) is 2. The fraction of sp³-hybridized carbons (Fsp3) is 0.538. The molecular formula is C26H30F4O2. The highest BCUT2D eigenvalue weighted by molar-refractivity contribution is 5.75. The minimum Gasteiger partial charge on any atom is -0.348 e. The van der Waals surface area contributed by atoms with Crippen molar-refractivity contribution in [2.45, 2.75) is 71.0 Å². The van der Waals surface area contributed by atoms with E-state index in [0.29, 0.717) is 37.2 Å². The summed E-state index contributed by atoms with van der Waals surface area (Å²) in [4.78, 5) is 0. The molecule has 4 rings (SSSR count). The van der Waals surface area contributed by atoms with Crippen molar-refractivity contribution in [2.24, 2.45) is 5.92 Å². The van der Waals surface area contributed by atoms with Gasteiger partial charge >= 0.3 is 0 Å². The number of alkyl halides is 2. The molecule has 1 aliphatic carbocycles. The molecule has 6 heteroatoms. The van der Waals surface area contributed by atoms with Crippen molar-refractivity contribution >= 4 is 0 Å². The number of halogens is 4. The second-order valence-electron chi connectivity index (χ2n) is 8.95. The quantitative estimate of drug-likeness (QED) is 0.322. The van der Waals surface area contributed by atoms with Gasteiger partial charge in [0, 0.05) is 23.5 Å². The Morgan fingerprint density at radius 3 is 2.31 bits per heavy atom. The standard InChI is InChI=1S/C26H30F4O2/c1-3-5-6-8-16-14-31-25(32-15-16)20-12-11-19-18-10-9-17(7-4-2)23(27)21(18)13-26(29,30)22(19)24(20)28/h9-12,16,25H,3-8,13-15H2,1-2H3. The number of benzene rings is 2. The van der Waals surface area contributed by atoms with Crippen LogP contribution < -0.4 is 0 Å². The maximum absolute atomic E-state index is 15.4. The van der Waals surface area contributed by atoms with Crippen LogP contribution in [0.2, 0.25) is 0 Å². The van der Waals surface area contributed by atoms with Gasteiger partial charge in [-0.3, -0.25) is 0 Å². The van der Waals surface area contributed by atoms with Gasteiger partial charge in [0.2, 0.25) is 0 Å². The van der Waals surface area contributed by atoms with Gasteiger partial charge in [-0.1, -0.05) is 63.8 Å². The number of unbranched alkanes of at least 4 members (excludes halogenated alkanes) is 2. The summed E-state index contributed by atoms with van der Waals surface area (Å²) in [5.41, 5.74) is 0.0213. The van der Waals surface area contributed by atoms with E-state index in [0.717, 1.165) is 25.7 Å². The minimum atomic E-state index is -3.52. The molecular weight excluding hydrogens is 420 g/mol. The Morgan fingerprint density at radius 2 is 1.62 bits per heavy atom. The monoisotopic (exact) mass is 450 g/mol. The first-order valence-electron chi connectivity index (χ1n) is 11.6. The number of aryl methyl sites for hydroxylation is 1. The Labute approximate surface area is 186 Å². The van der Waals surface area contributed by atoms with Crippen molar-refractivity contribution in [3.05, 3.63) is 58.2 Å². The summed E-state index contributed by atoms with van der Waals surface area (Å²) in [7, 11) is 0. The van der Waals surface area contributed by atoms with E-state index >= 15 is 13.2 Å². The summed E-state index contributed by atoms with van der Waals surface area (Å²) in [6, 6.07) is 6.12. The zero-order chi connectivity index (χ0) is 22.9. The summed E-state index contributed by atoms with van der Waals surface area (Å²) in [6.45, 7) is 4.86. The molecule has 0 radical (unpaired) electrons. The third kappa shape index (κ3) is 4.32. The van der Waals surface area contributed by atoms with Gasteiger partial charge in [0.15, 0.2) is 6.29 Å². The van der Waals surface area contributed by atoms with E-state index in [1.807, 2.05) is 6.92 Å². The maximum atomic E-state index is 15.4. The molecule has 0 aromatic heterocycles. The van der Waals surface area contributed by atoms with E-state index in [9.17, 15) is 4.39 Å². The fourth-order valence-corrected chi connectivity index (χ4v) is 4.80. The first kappa shape index (κ1) is 23.2. The van der Waals surface area contributed by atoms with E-state index in [4.69, 9.17) is 9.47 Å². The van der Waals surface area contributed by atoms with Gasteiger partial charge in [-0.15, -0.1) is 0 Å². The molecule has 0 bridgehead atoms. The number of rotatable bonds is 7. The third-order valence-corrected chi connectivity index (χ3v) is 6.51. The van der Waals surface area contributed by atoms with Gasteiger partial charge in [0.1, 0.15) is 11.6 Å². The summed E-state index contributed by atoms with van der Waals surface area (Å²) >= 11 is 0. The zero-order valence-corrected chi connectivity index (χ0v) is 18.7. The molecule has 32 heavy (non-hydrogen) atoms. The van der Waals surface area contributed by atoms with Crippen LogP contribution in [0.25, 0.3) is 11.1 Å². The molecule has 0 saturated carbocycles. The third-order valence-electron chi connectivity index (χ3n) is 6.51. The van der Waals surface area contributed by atoms with Gasteiger partial charge in [0.05, 0.1) is 18.8 Å². The molecule has 2 nitrogen and oxygen atoms in total. The predicted octanol–water partition coefficient (Wildman–Crippen LogP) is 7.47. The highest BCUT2D eigenvalue weighted by atomic mass is 19.3. The lowest BCUT2D eigenvalue weighted by Crippen LogP contribution is -2.30. The normalized spacial score (nSPS) is 21.8. The van der Waals surface area contributed by atoms with Crippen LogP contribution in [0.3, 0.4) is 0 Å². The molecule has 0 amide bonds. The average Bonchev–Trinajstić information content (AvgIpc) is 2.77. The topological polar surface area (TPSA) is 18.5 Å². The summed E-state index contributed by atoms with van der Waals surface area (Å²) in [6.07, 6.45) is 3.62. The lowest BCUT2D eigenvalue weighted by Gasteiger charge is -2.33. The van der Waals surface area contributed by atoms with Crippen LogP contribution >= 0.6 is 0 Å². The Bertz CT molecular complexity index is 965. The molecule has 2 aliphatic rings. The summed E-state index contributed by atoms with van der Waals surface area (Å²) in [5, 5.41) is 0. The van der Waals surface area contributed by atoms with E-state index in [1.165, 1.54) is 12.1 Å². The zero-order valence-electron chi connectivity index (χ0n) is 18.7. The molecule has 1 saturated heterocycles. The number of hydrogen-bond donors (Lipinski definition) is 0. The van der Waals surface area contributed by atoms with Crippen molar-refractivity contribution in [2.75, 3.05) is 13.2 Å². The van der Waals surface area contributed by atoms with E-state index in [-0.39, 0.29) is 22.6 Å². The van der Waals surface area contributed by atoms with Crippen LogP contribution in [0.5, 0.6) is 0 Å². The van der Waals surface area contributed by atoms with Crippen molar-refractivity contribution in [3.8, 4) is 11.1 Å². The average molecular weight is 451 g/mol. The Kier molecular flexibility index (Phi) is 6.91. The predicted molar refractivity (Wildman–Crippen MR) is 116 cm³/mol. The summed E-state index contributed by atoms with van der Waals surface area (Å²) < 4.78 is 72.1. The van der Waals surface area contributed by atoms with Crippen LogP contribution in [-0.4, -0.2) is 13.2 Å². The van der Waals surface area contributed by atoms with Crippen LogP contribution in [0.1, 0.15) is 74.5 Å². The molecule has 2 aromatic carbocycles. The Balaban J connectivity index is 1.63. The highest BCUT2D eigenvalue weighted by Gasteiger charge is 2.44. The molecule has 0 spiro atoms. The van der Waals surface area contributed by atoms with Crippen molar-refractivity contribution in [1.29, 1.82) is 0 Å². The summed E-state index contributed by atoms with van der Waals surface area (Å²) in [5.74, 6) is -4.92. The van der Waals surface area contributed by atoms with Gasteiger partial charge in [-0.25, -0.2) is 17.6 Å². The molecule has 1 aliphatic heterocycles. The van der Waals surface area contributed by atoms with Crippen molar-refractivity contribution in [3.63, 3.8) is 0 Å². The Morgan fingerprint density at radius 1 is 0.906 bits per heavy atom. The largest absolute Gasteiger partial charge is 0.348 e. The molecule has 2 aromatic rings. The highest BCUT2D eigenvalue weighted by Crippen LogP contribution is 2.49. The van der Waals surface area contributed by atoms with E-state index in [1.54, 1.807) is 12.1 Å². The first-order chi connectivity index (χ1) is 15.4. The van der Waals surface area contributed by atoms with Crippen LogP contribution in [0.15, 0.2) is 24.3 Å². The van der Waals surface area contributed by atoms with E-state index in [2.05, 4.69) is 6.92 Å². The Hall–Kier alpha value is -1.92. The molecule has 0 N–H and O–H groups in total. The van der Waals surface area contributed by atoms with Crippen molar-refractivity contribution < 1.29 is 27.0 Å². The number of hydrogen-bond acceptors (Lipinski definition) is 2. The second-order valence-corrected chi connectivity index (χ2v) is 8.95. The van der Waals surface area contributed by atoms with Gasteiger partial charge in [0.25, 0.3) is 5.92 Å². The fourth-order valence-electron chi connectivity index (χ4n) is 4.80. The van der Waals surface area contributed by atoms with Gasteiger partial charge in [-0.2, -0.15) is 0 Å². The number of fused-ring (bicyclic) bond motifs is 3. The van der Waals surface area contributed by atoms with Gasteiger partial charge in [-0.05, 0) is 29.5 Å². The van der Waals surface area contributed by atoms with Crippen LogP contribution in [0.4, 0.5) is 17.6 Å². The lowest BCUT2D eigenvalue weighted by molar-refractivity contribution is -0.207. The van der Waals surface area contributed by atoms with Gasteiger partial charge < -0.3 is 9.47 Å². The SMILES string of the molecule is CCCCCC1COC(c2ccc3c(c2F)C(F)(F)Cc2c-3ccc(CCC)c2F)OC1. The molecule has 174 valence electrons. The second kappa shape index (κ2) is 9.52. The smallest absolute Gasteiger partial charge is 0.280 e. The molecule has 0 unspecified atom stereocenters. The molecule has 0 atom stereocenters. The molecule has 1 heterocycles. The minimum absolute atomic E-state index is 0.0260. The van der Waals surface area contributed by atoms with Crippen molar-refractivity contribution in [1.82, 2.24) is 0 Å². The maximum Gasteiger partial charge on any atom is 0.280 e. The first-order valence-corrected chi connectivity index (χ1v) is 11.6. The lowest BCUT2D eigenvalue weighted by atomic mass is 9.80. The van der Waals surface area contributed by atoms with E-state index < -0.39 is 35.8 Å².